The van der Waals surface area contributed by atoms with Crippen LogP contribution in [0.15, 0.2) is 36.4 Å². The molecule has 0 spiro atoms. The highest BCUT2D eigenvalue weighted by molar-refractivity contribution is 9.19. The summed E-state index contributed by atoms with van der Waals surface area (Å²) >= 11 is 5.60. The van der Waals surface area contributed by atoms with Gasteiger partial charge in [0, 0.05) is 39.3 Å². The van der Waals surface area contributed by atoms with E-state index in [9.17, 15) is 45.1 Å². The number of carbonyl (C=O) groups excluding carboxylic acids is 3. The van der Waals surface area contributed by atoms with Crippen LogP contribution in [-0.4, -0.2) is 75.9 Å². The third kappa shape index (κ3) is 9.88. The molecule has 2 fully saturated rings. The van der Waals surface area contributed by atoms with E-state index in [0.29, 0.717) is 54.5 Å². The van der Waals surface area contributed by atoms with Gasteiger partial charge in [0.1, 0.15) is 5.82 Å². The Bertz CT molecular complexity index is 1360. The highest BCUT2D eigenvalue weighted by Crippen LogP contribution is 2.38. The van der Waals surface area contributed by atoms with Crippen molar-refractivity contribution in [2.45, 2.75) is 50.7 Å². The summed E-state index contributed by atoms with van der Waals surface area (Å²) in [5.41, 5.74) is -2.02. The fraction of sp³-hybridized carbons (Fsp3) is 0.483. The van der Waals surface area contributed by atoms with Gasteiger partial charge in [-0.05, 0) is 82.7 Å². The number of nitrogens with one attached hydrogen (secondary N) is 1. The minimum atomic E-state index is -5.01. The number of alkyl halides is 7. The third-order valence-corrected chi connectivity index (χ3v) is 9.02. The van der Waals surface area contributed by atoms with Crippen molar-refractivity contribution in [1.82, 2.24) is 20.0 Å². The van der Waals surface area contributed by atoms with E-state index in [0.717, 1.165) is 4.90 Å². The maximum Gasteiger partial charge on any atom is 0.416 e. The number of piperidine rings is 1. The lowest BCUT2D eigenvalue weighted by molar-refractivity contribution is -0.143. The molecular formula is C29H31Br2F7N4O3. The van der Waals surface area contributed by atoms with Gasteiger partial charge < -0.3 is 20.0 Å². The molecule has 0 saturated carbocycles. The van der Waals surface area contributed by atoms with Gasteiger partial charge in [-0.1, -0.05) is 22.0 Å². The summed E-state index contributed by atoms with van der Waals surface area (Å²) in [6.45, 7) is 2.67. The van der Waals surface area contributed by atoms with Crippen LogP contribution in [0.4, 0.5) is 35.5 Å². The highest BCUT2D eigenvalue weighted by atomic mass is 79.9. The zero-order valence-corrected chi connectivity index (χ0v) is 27.4. The summed E-state index contributed by atoms with van der Waals surface area (Å²) in [4.78, 5) is 40.2. The largest absolute Gasteiger partial charge is 0.416 e. The Morgan fingerprint density at radius 1 is 1.02 bits per heavy atom. The van der Waals surface area contributed by atoms with E-state index in [1.165, 1.54) is 24.1 Å². The van der Waals surface area contributed by atoms with Crippen LogP contribution in [0.3, 0.4) is 0 Å². The molecule has 0 unspecified atom stereocenters. The molecule has 2 aromatic carbocycles. The average molecular weight is 776 g/mol. The number of urea groups is 1. The first-order chi connectivity index (χ1) is 20.9. The van der Waals surface area contributed by atoms with Crippen LogP contribution in [0, 0.1) is 12.7 Å². The van der Waals surface area contributed by atoms with Crippen molar-refractivity contribution >= 4 is 48.5 Å². The van der Waals surface area contributed by atoms with Gasteiger partial charge in [-0.2, -0.15) is 26.3 Å². The maximum atomic E-state index is 13.9. The van der Waals surface area contributed by atoms with Crippen molar-refractivity contribution in [3.05, 3.63) is 70.0 Å². The molecule has 2 heterocycles. The summed E-state index contributed by atoms with van der Waals surface area (Å²) in [5, 5.41) is 3.40. The summed E-state index contributed by atoms with van der Waals surface area (Å²) in [6.07, 6.45) is -9.23. The predicted molar refractivity (Wildman–Crippen MR) is 159 cm³/mol. The quantitative estimate of drug-likeness (QED) is 0.210. The molecule has 2 aliphatic rings. The van der Waals surface area contributed by atoms with Crippen LogP contribution in [0.2, 0.25) is 0 Å². The third-order valence-electron chi connectivity index (χ3n) is 7.48. The monoisotopic (exact) mass is 774 g/mol. The van der Waals surface area contributed by atoms with Crippen LogP contribution in [-0.2, 0) is 28.5 Å². The smallest absolute Gasteiger partial charge is 0.337 e. The van der Waals surface area contributed by atoms with Crippen LogP contribution in [0.25, 0.3) is 0 Å². The topological polar surface area (TPSA) is 73.0 Å². The first-order valence-corrected chi connectivity index (χ1v) is 15.6. The van der Waals surface area contributed by atoms with Gasteiger partial charge in [-0.25, -0.2) is 9.18 Å². The number of hydrogen-bond acceptors (Lipinski definition) is 4. The lowest BCUT2D eigenvalue weighted by Gasteiger charge is -2.46. The number of nitrogens with zero attached hydrogens (tertiary/aromatic N) is 3. The lowest BCUT2D eigenvalue weighted by Crippen LogP contribution is -2.57. The van der Waals surface area contributed by atoms with E-state index in [-0.39, 0.29) is 41.4 Å². The molecule has 1 N–H and O–H groups in total. The first kappa shape index (κ1) is 36.7. The minimum Gasteiger partial charge on any atom is -0.337 e. The molecule has 7 nitrogen and oxygen atoms in total. The molecular weight excluding hydrogens is 745 g/mol. The Hall–Kier alpha value is -2.72. The van der Waals surface area contributed by atoms with E-state index in [4.69, 9.17) is 0 Å². The molecule has 4 rings (SSSR count). The summed E-state index contributed by atoms with van der Waals surface area (Å²) in [6, 6.07) is 3.98. The van der Waals surface area contributed by atoms with E-state index >= 15 is 0 Å². The number of carbonyl (C=O) groups is 3. The van der Waals surface area contributed by atoms with Crippen LogP contribution in [0.5, 0.6) is 0 Å². The molecule has 0 radical (unpaired) electrons. The molecule has 2 atom stereocenters. The predicted octanol–water partition coefficient (Wildman–Crippen LogP) is 6.66. The van der Waals surface area contributed by atoms with Crippen molar-refractivity contribution in [2.75, 3.05) is 38.6 Å². The van der Waals surface area contributed by atoms with E-state index in [2.05, 4.69) is 37.2 Å². The molecule has 248 valence electrons. The summed E-state index contributed by atoms with van der Waals surface area (Å²) < 4.78 is 93.9. The Morgan fingerprint density at radius 2 is 1.62 bits per heavy atom. The molecule has 16 heteroatoms. The standard InChI is InChI=1S/C27H29F7N4O2.C2H2Br2O/c1-16-9-20(28)3-4-22(16)23-13-21(37-8-6-35-14-24(37)39)5-7-38(23)25(40)36(2)15-17-10-18(26(29,30)31)12-19(11-17)27(32,33)34;3-1-2(4)5/h3-4,9-12,21,23,35H,5-8,13-15H2,1-2H3;1H2/t21-,23+;/m0./s1. The van der Waals surface area contributed by atoms with Crippen molar-refractivity contribution in [2.24, 2.45) is 0 Å². The second kappa shape index (κ2) is 15.2. The fourth-order valence-electron chi connectivity index (χ4n) is 5.45. The number of aryl methyl sites for hydroxylation is 1. The van der Waals surface area contributed by atoms with Gasteiger partial charge in [0.05, 0.1) is 29.0 Å². The van der Waals surface area contributed by atoms with Crippen LogP contribution >= 0.6 is 31.9 Å². The minimum absolute atomic E-state index is 0.0162. The molecule has 0 aliphatic carbocycles. The van der Waals surface area contributed by atoms with Gasteiger partial charge >= 0.3 is 18.4 Å². The molecule has 2 saturated heterocycles. The number of halogens is 9. The Balaban J connectivity index is 0.00000102. The van der Waals surface area contributed by atoms with Crippen LogP contribution < -0.4 is 5.32 Å². The molecule has 2 aliphatic heterocycles. The highest BCUT2D eigenvalue weighted by Gasteiger charge is 2.40. The van der Waals surface area contributed by atoms with Crippen molar-refractivity contribution in [3.8, 4) is 0 Å². The number of piperazine rings is 1. The molecule has 0 aromatic heterocycles. The van der Waals surface area contributed by atoms with Gasteiger partial charge in [0.15, 0.2) is 0 Å². The van der Waals surface area contributed by atoms with Crippen molar-refractivity contribution in [3.63, 3.8) is 0 Å². The molecule has 3 amide bonds. The number of rotatable bonds is 5. The maximum absolute atomic E-state index is 13.9. The van der Waals surface area contributed by atoms with Gasteiger partial charge in [-0.15, -0.1) is 0 Å². The van der Waals surface area contributed by atoms with Gasteiger partial charge in [0.2, 0.25) is 10.6 Å². The number of likely N-dealkylation sites (tertiary alicyclic amines) is 1. The number of hydrogen-bond donors (Lipinski definition) is 1. The molecule has 2 aromatic rings. The average Bonchev–Trinajstić information content (AvgIpc) is 2.96. The van der Waals surface area contributed by atoms with E-state index in [1.807, 2.05) is 0 Å². The van der Waals surface area contributed by atoms with Crippen molar-refractivity contribution < 1.29 is 45.1 Å². The Labute approximate surface area is 272 Å². The first-order valence-electron chi connectivity index (χ1n) is 13.7. The van der Waals surface area contributed by atoms with Crippen LogP contribution in [0.1, 0.15) is 46.7 Å². The second-order valence-electron chi connectivity index (χ2n) is 10.7. The lowest BCUT2D eigenvalue weighted by atomic mass is 9.88. The fourth-order valence-corrected chi connectivity index (χ4v) is 5.45. The summed E-state index contributed by atoms with van der Waals surface area (Å²) in [5.74, 6) is -0.543. The Morgan fingerprint density at radius 3 is 2.13 bits per heavy atom. The Kier molecular flexibility index (Phi) is 12.4. The van der Waals surface area contributed by atoms with Crippen molar-refractivity contribution in [1.29, 1.82) is 0 Å². The zero-order chi connectivity index (χ0) is 33.7. The molecule has 0 bridgehead atoms. The summed E-state index contributed by atoms with van der Waals surface area (Å²) in [7, 11) is 1.30. The molecule has 45 heavy (non-hydrogen) atoms. The SMILES string of the molecule is Cc1cc(F)ccc1[C@H]1C[C@@H](N2CCNCC2=O)CCN1C(=O)N(C)Cc1cc(C(F)(F)F)cc(C(F)(F)F)c1.O=C(Br)CBr. The van der Waals surface area contributed by atoms with E-state index in [1.54, 1.807) is 17.9 Å². The zero-order valence-electron chi connectivity index (χ0n) is 24.2. The number of amides is 3. The normalized spacial score (nSPS) is 19.1. The van der Waals surface area contributed by atoms with E-state index < -0.39 is 47.9 Å². The number of benzene rings is 2. The second-order valence-corrected chi connectivity index (χ2v) is 12.1. The van der Waals surface area contributed by atoms with Gasteiger partial charge in [0.25, 0.3) is 0 Å². The van der Waals surface area contributed by atoms with Gasteiger partial charge in [-0.3, -0.25) is 9.59 Å².